The number of amides is 1. The van der Waals surface area contributed by atoms with Gasteiger partial charge in [0.15, 0.2) is 5.72 Å². The number of nitrogens with one attached hydrogen (secondary N) is 2. The Hall–Kier alpha value is -3.96. The Kier molecular flexibility index (Phi) is 4.86. The van der Waals surface area contributed by atoms with Gasteiger partial charge in [0.1, 0.15) is 12.4 Å². The number of ether oxygens (including phenoxy) is 3. The number of hydrogen-bond donors (Lipinski definition) is 3. The van der Waals surface area contributed by atoms with Crippen molar-refractivity contribution in [1.29, 1.82) is 0 Å². The highest BCUT2D eigenvalue weighted by atomic mass is 16.6. The van der Waals surface area contributed by atoms with E-state index in [1.54, 1.807) is 32.4 Å². The summed E-state index contributed by atoms with van der Waals surface area (Å²) in [6, 6.07) is 7.27. The van der Waals surface area contributed by atoms with Gasteiger partial charge in [0.25, 0.3) is 0 Å². The Balaban J connectivity index is 1.44. The Morgan fingerprint density at radius 3 is 2.83 bits per heavy atom. The van der Waals surface area contributed by atoms with Gasteiger partial charge in [-0.1, -0.05) is 6.07 Å². The van der Waals surface area contributed by atoms with Gasteiger partial charge in [-0.2, -0.15) is 0 Å². The molecule has 36 heavy (non-hydrogen) atoms. The van der Waals surface area contributed by atoms with Crippen LogP contribution in [0, 0.1) is 5.92 Å². The summed E-state index contributed by atoms with van der Waals surface area (Å²) in [5, 5.41) is 7.32. The summed E-state index contributed by atoms with van der Waals surface area (Å²) in [7, 11) is 3.09. The van der Waals surface area contributed by atoms with Crippen LogP contribution in [0.5, 0.6) is 5.75 Å². The zero-order valence-corrected chi connectivity index (χ0v) is 20.0. The summed E-state index contributed by atoms with van der Waals surface area (Å²) in [6.45, 7) is 1.93. The van der Waals surface area contributed by atoms with Crippen LogP contribution in [0.25, 0.3) is 10.9 Å². The van der Waals surface area contributed by atoms with Gasteiger partial charge in [-0.25, -0.2) is 4.79 Å². The highest BCUT2D eigenvalue weighted by Gasteiger charge is 2.72. The number of anilines is 1. The number of primary amides is 1. The van der Waals surface area contributed by atoms with Gasteiger partial charge in [-0.15, -0.1) is 0 Å². The topological polar surface area (TPSA) is 155 Å². The number of piperazine rings is 1. The number of allylic oxidation sites excluding steroid dienone is 2. The van der Waals surface area contributed by atoms with E-state index in [9.17, 15) is 14.4 Å². The van der Waals surface area contributed by atoms with Crippen LogP contribution in [0.3, 0.4) is 0 Å². The molecule has 1 amide bonds. The number of benzene rings is 1. The number of hydrogen-bond acceptors (Lipinski definition) is 10. The number of methoxy groups -OCH3 is 2. The first-order valence-electron chi connectivity index (χ1n) is 11.6. The second kappa shape index (κ2) is 7.77. The maximum atomic E-state index is 14.1. The van der Waals surface area contributed by atoms with Crippen LogP contribution < -0.4 is 21.1 Å². The van der Waals surface area contributed by atoms with Gasteiger partial charge < -0.3 is 35.5 Å². The molecule has 1 aromatic heterocycles. The van der Waals surface area contributed by atoms with E-state index in [2.05, 4.69) is 15.6 Å². The van der Waals surface area contributed by atoms with E-state index < -0.39 is 17.7 Å². The molecule has 11 heteroatoms. The van der Waals surface area contributed by atoms with Gasteiger partial charge >= 0.3 is 6.09 Å². The molecule has 0 spiro atoms. The van der Waals surface area contributed by atoms with Crippen LogP contribution in [-0.2, 0) is 19.1 Å². The molecule has 0 radical (unpaired) electrons. The highest BCUT2D eigenvalue weighted by molar-refractivity contribution is 6.27. The molecule has 4 atom stereocenters. The van der Waals surface area contributed by atoms with Gasteiger partial charge in [-0.05, 0) is 19.1 Å². The van der Waals surface area contributed by atoms with E-state index in [-0.39, 0.29) is 47.1 Å². The molecule has 3 aliphatic heterocycles. The van der Waals surface area contributed by atoms with Crippen molar-refractivity contribution in [1.82, 2.24) is 15.2 Å². The molecule has 186 valence electrons. The minimum Gasteiger partial charge on any atom is -0.497 e. The van der Waals surface area contributed by atoms with Crippen molar-refractivity contribution in [2.75, 3.05) is 32.7 Å². The lowest BCUT2D eigenvalue weighted by molar-refractivity contribution is -0.137. The monoisotopic (exact) mass is 491 g/mol. The van der Waals surface area contributed by atoms with E-state index >= 15 is 0 Å². The smallest absolute Gasteiger partial charge is 0.404 e. The number of fused-ring (bicyclic) bond motifs is 5. The summed E-state index contributed by atoms with van der Waals surface area (Å²) in [6.07, 6.45) is 0.688. The number of pyridine rings is 1. The predicted molar refractivity (Wildman–Crippen MR) is 128 cm³/mol. The van der Waals surface area contributed by atoms with Gasteiger partial charge in [0.2, 0.25) is 11.6 Å². The molecule has 4 unspecified atom stereocenters. The number of carbonyl (C=O) groups is 3. The predicted octanol–water partition coefficient (Wildman–Crippen LogP) is 1.06. The van der Waals surface area contributed by atoms with Crippen molar-refractivity contribution in [2.45, 2.75) is 24.7 Å². The summed E-state index contributed by atoms with van der Waals surface area (Å²) in [4.78, 5) is 45.6. The van der Waals surface area contributed by atoms with E-state index in [1.165, 1.54) is 7.11 Å². The molecule has 1 aromatic carbocycles. The molecule has 6 rings (SSSR count). The summed E-state index contributed by atoms with van der Waals surface area (Å²) in [5.74, 6) is -0.785. The second-order valence-corrected chi connectivity index (χ2v) is 9.30. The first kappa shape index (κ1) is 22.5. The fourth-order valence-electron chi connectivity index (χ4n) is 5.95. The van der Waals surface area contributed by atoms with Crippen LogP contribution >= 0.6 is 0 Å². The van der Waals surface area contributed by atoms with Gasteiger partial charge in [0, 0.05) is 48.5 Å². The van der Waals surface area contributed by atoms with Crippen molar-refractivity contribution in [3.63, 3.8) is 0 Å². The lowest BCUT2D eigenvalue weighted by atomic mass is 9.82. The third-order valence-electron chi connectivity index (χ3n) is 7.60. The number of rotatable bonds is 6. The number of Topliss-reactive ketones (excluding diaryl/α,β-unsaturated/α-hetero) is 2. The molecule has 11 nitrogen and oxygen atoms in total. The summed E-state index contributed by atoms with van der Waals surface area (Å²) < 4.78 is 16.6. The SMILES string of the molecule is COc1cc(NC2=C(C)C(=O)C3=C(C2=O)C(COC(N)=O)C2(OC)C4NC4CN32)c2ncccc2c1. The van der Waals surface area contributed by atoms with Crippen LogP contribution in [-0.4, -0.2) is 72.7 Å². The normalized spacial score (nSPS) is 28.3. The van der Waals surface area contributed by atoms with E-state index in [0.717, 1.165) is 5.39 Å². The van der Waals surface area contributed by atoms with E-state index in [1.807, 2.05) is 17.0 Å². The minimum atomic E-state index is -1.03. The quantitative estimate of drug-likeness (QED) is 0.394. The molecular formula is C25H25N5O6. The molecule has 4 heterocycles. The lowest BCUT2D eigenvalue weighted by Crippen LogP contribution is -2.55. The maximum absolute atomic E-state index is 14.1. The molecule has 2 aromatic rings. The van der Waals surface area contributed by atoms with Crippen LogP contribution in [0.15, 0.2) is 53.0 Å². The standard InChI is InChI=1S/C25H25N5O6/c1-11-18(28-15-8-13(34-2)7-12-5-4-6-27-19(12)15)22(32)17-14(10-36-24(26)33)25(35-3)23-16(29-23)9-30(25)20(17)21(11)31/h4-8,14,16,23,28-29H,9-10H2,1-3H3,(H2,26,33). The molecule has 4 N–H and O–H groups in total. The average molecular weight is 492 g/mol. The molecule has 0 bridgehead atoms. The zero-order chi connectivity index (χ0) is 25.4. The fraction of sp³-hybridized carbons (Fsp3) is 0.360. The Labute approximate surface area is 206 Å². The summed E-state index contributed by atoms with van der Waals surface area (Å²) >= 11 is 0. The molecular weight excluding hydrogens is 466 g/mol. The Morgan fingerprint density at radius 1 is 1.31 bits per heavy atom. The maximum Gasteiger partial charge on any atom is 0.404 e. The van der Waals surface area contributed by atoms with E-state index in [0.29, 0.717) is 29.2 Å². The first-order chi connectivity index (χ1) is 17.3. The number of ketones is 2. The molecule has 0 saturated carbocycles. The molecule has 2 fully saturated rings. The Morgan fingerprint density at radius 2 is 2.11 bits per heavy atom. The fourth-order valence-corrected chi connectivity index (χ4v) is 5.95. The second-order valence-electron chi connectivity index (χ2n) is 9.30. The minimum absolute atomic E-state index is 0.113. The van der Waals surface area contributed by atoms with Crippen molar-refractivity contribution < 1.29 is 28.6 Å². The number of nitrogens with zero attached hydrogens (tertiary/aromatic N) is 2. The van der Waals surface area contributed by atoms with Gasteiger partial charge in [0.05, 0.1) is 41.7 Å². The summed E-state index contributed by atoms with van der Waals surface area (Å²) in [5.41, 5.74) is 6.34. The average Bonchev–Trinajstić information content (AvgIpc) is 3.49. The van der Waals surface area contributed by atoms with Crippen molar-refractivity contribution in [2.24, 2.45) is 11.7 Å². The van der Waals surface area contributed by atoms with Gasteiger partial charge in [-0.3, -0.25) is 14.6 Å². The first-order valence-corrected chi connectivity index (χ1v) is 11.6. The van der Waals surface area contributed by atoms with Crippen LogP contribution in [0.1, 0.15) is 6.92 Å². The third-order valence-corrected chi connectivity index (χ3v) is 7.60. The van der Waals surface area contributed by atoms with Crippen molar-refractivity contribution in [3.8, 4) is 5.75 Å². The number of nitrogens with two attached hydrogens (primary N) is 1. The highest BCUT2D eigenvalue weighted by Crippen LogP contribution is 2.55. The largest absolute Gasteiger partial charge is 0.497 e. The zero-order valence-electron chi connectivity index (χ0n) is 20.0. The van der Waals surface area contributed by atoms with Crippen molar-refractivity contribution in [3.05, 3.63) is 53.0 Å². The lowest BCUT2D eigenvalue weighted by Gasteiger charge is -2.39. The molecule has 2 saturated heterocycles. The van der Waals surface area contributed by atoms with Crippen molar-refractivity contribution >= 4 is 34.3 Å². The molecule has 4 aliphatic rings. The number of aromatic nitrogens is 1. The number of carbonyl (C=O) groups excluding carboxylic acids is 3. The third kappa shape index (κ3) is 2.93. The molecule has 1 aliphatic carbocycles. The van der Waals surface area contributed by atoms with E-state index in [4.69, 9.17) is 19.9 Å². The van der Waals surface area contributed by atoms with Crippen LogP contribution in [0.4, 0.5) is 10.5 Å². The van der Waals surface area contributed by atoms with Crippen LogP contribution in [0.2, 0.25) is 0 Å². The Bertz CT molecular complexity index is 1420.